The molecule has 0 saturated heterocycles. The summed E-state index contributed by atoms with van der Waals surface area (Å²) in [6, 6.07) is 16.9. The average molecular weight is 342 g/mol. The Morgan fingerprint density at radius 3 is 2.54 bits per heavy atom. The van der Waals surface area contributed by atoms with Gasteiger partial charge in [-0.3, -0.25) is 4.79 Å². The van der Waals surface area contributed by atoms with Crippen molar-refractivity contribution in [2.75, 3.05) is 11.9 Å². The lowest BCUT2D eigenvalue weighted by molar-refractivity contribution is -0.115. The van der Waals surface area contributed by atoms with Gasteiger partial charge < -0.3 is 10.6 Å². The quantitative estimate of drug-likeness (QED) is 0.830. The van der Waals surface area contributed by atoms with Crippen LogP contribution in [0.3, 0.4) is 0 Å². The summed E-state index contributed by atoms with van der Waals surface area (Å²) in [6.07, 6.45) is 0. The van der Waals surface area contributed by atoms with Crippen molar-refractivity contribution in [2.24, 2.45) is 5.92 Å². The standard InChI is InChI=1S/C19H20ClN3O/c1-13(2)19(14-6-4-3-5-7-14)22-12-18(24)23-17-10-16(20)9-8-15(17)11-21/h3-10,13,19,22H,12H2,1-2H3,(H,23,24). The lowest BCUT2D eigenvalue weighted by Gasteiger charge is -2.22. The number of hydrogen-bond acceptors (Lipinski definition) is 3. The molecule has 0 fully saturated rings. The fourth-order valence-corrected chi connectivity index (χ4v) is 2.69. The van der Waals surface area contributed by atoms with Gasteiger partial charge in [-0.05, 0) is 29.7 Å². The number of carbonyl (C=O) groups is 1. The molecule has 0 saturated carbocycles. The smallest absolute Gasteiger partial charge is 0.238 e. The van der Waals surface area contributed by atoms with Gasteiger partial charge in [0, 0.05) is 11.1 Å². The third kappa shape index (κ3) is 4.82. The summed E-state index contributed by atoms with van der Waals surface area (Å²) in [4.78, 5) is 12.2. The van der Waals surface area contributed by atoms with Crippen molar-refractivity contribution in [1.82, 2.24) is 5.32 Å². The number of anilines is 1. The van der Waals surface area contributed by atoms with Gasteiger partial charge in [-0.2, -0.15) is 5.26 Å². The van der Waals surface area contributed by atoms with Crippen LogP contribution in [0.15, 0.2) is 48.5 Å². The number of amides is 1. The normalized spacial score (nSPS) is 11.8. The van der Waals surface area contributed by atoms with Crippen molar-refractivity contribution in [1.29, 1.82) is 5.26 Å². The first-order valence-electron chi connectivity index (χ1n) is 7.79. The minimum absolute atomic E-state index is 0.0757. The maximum atomic E-state index is 12.2. The van der Waals surface area contributed by atoms with Crippen LogP contribution in [0.5, 0.6) is 0 Å². The molecule has 0 bridgehead atoms. The van der Waals surface area contributed by atoms with E-state index in [1.54, 1.807) is 18.2 Å². The predicted molar refractivity (Wildman–Crippen MR) is 96.8 cm³/mol. The Hall–Kier alpha value is -2.35. The molecular weight excluding hydrogens is 322 g/mol. The van der Waals surface area contributed by atoms with E-state index in [0.29, 0.717) is 22.2 Å². The van der Waals surface area contributed by atoms with Gasteiger partial charge in [0.25, 0.3) is 0 Å². The van der Waals surface area contributed by atoms with E-state index in [1.807, 2.05) is 36.4 Å². The number of nitrogens with zero attached hydrogens (tertiary/aromatic N) is 1. The number of carbonyl (C=O) groups excluding carboxylic acids is 1. The van der Waals surface area contributed by atoms with Gasteiger partial charge in [-0.15, -0.1) is 0 Å². The Morgan fingerprint density at radius 2 is 1.92 bits per heavy atom. The van der Waals surface area contributed by atoms with Gasteiger partial charge in [0.1, 0.15) is 6.07 Å². The third-order valence-electron chi connectivity index (χ3n) is 3.68. The Balaban J connectivity index is 2.02. The maximum Gasteiger partial charge on any atom is 0.238 e. The summed E-state index contributed by atoms with van der Waals surface area (Å²) in [7, 11) is 0. The van der Waals surface area contributed by atoms with E-state index >= 15 is 0 Å². The highest BCUT2D eigenvalue weighted by Gasteiger charge is 2.16. The Kier molecular flexibility index (Phi) is 6.36. The van der Waals surface area contributed by atoms with Gasteiger partial charge in [-0.1, -0.05) is 55.8 Å². The van der Waals surface area contributed by atoms with Crippen LogP contribution in [0.2, 0.25) is 5.02 Å². The highest BCUT2D eigenvalue weighted by molar-refractivity contribution is 6.31. The number of nitriles is 1. The number of rotatable bonds is 6. The van der Waals surface area contributed by atoms with Gasteiger partial charge in [0.2, 0.25) is 5.91 Å². The zero-order chi connectivity index (χ0) is 17.5. The van der Waals surface area contributed by atoms with Crippen molar-refractivity contribution < 1.29 is 4.79 Å². The van der Waals surface area contributed by atoms with Crippen molar-refractivity contribution in [3.8, 4) is 6.07 Å². The first-order valence-corrected chi connectivity index (χ1v) is 8.17. The van der Waals surface area contributed by atoms with Gasteiger partial charge in [0.15, 0.2) is 0 Å². The number of nitrogens with one attached hydrogen (secondary N) is 2. The summed E-state index contributed by atoms with van der Waals surface area (Å²) in [6.45, 7) is 4.36. The third-order valence-corrected chi connectivity index (χ3v) is 3.92. The van der Waals surface area contributed by atoms with E-state index in [2.05, 4.69) is 24.5 Å². The zero-order valence-electron chi connectivity index (χ0n) is 13.7. The molecule has 24 heavy (non-hydrogen) atoms. The second-order valence-corrected chi connectivity index (χ2v) is 6.30. The molecule has 5 heteroatoms. The monoisotopic (exact) mass is 341 g/mol. The van der Waals surface area contributed by atoms with Crippen LogP contribution in [-0.2, 0) is 4.79 Å². The zero-order valence-corrected chi connectivity index (χ0v) is 14.5. The fraction of sp³-hybridized carbons (Fsp3) is 0.263. The highest BCUT2D eigenvalue weighted by atomic mass is 35.5. The Bertz CT molecular complexity index is 738. The molecule has 1 atom stereocenters. The minimum Gasteiger partial charge on any atom is -0.324 e. The molecular formula is C19H20ClN3O. The first-order chi connectivity index (χ1) is 11.5. The summed E-state index contributed by atoms with van der Waals surface area (Å²) in [5.74, 6) is 0.122. The molecule has 1 unspecified atom stereocenters. The van der Waals surface area contributed by atoms with Crippen molar-refractivity contribution in [3.05, 3.63) is 64.7 Å². The molecule has 124 valence electrons. The van der Waals surface area contributed by atoms with Crippen molar-refractivity contribution >= 4 is 23.2 Å². The molecule has 0 radical (unpaired) electrons. The van der Waals surface area contributed by atoms with Crippen molar-refractivity contribution in [3.63, 3.8) is 0 Å². The Morgan fingerprint density at radius 1 is 1.21 bits per heavy atom. The summed E-state index contributed by atoms with van der Waals surface area (Å²) >= 11 is 5.93. The Labute approximate surface area is 147 Å². The van der Waals surface area contributed by atoms with Crippen LogP contribution >= 0.6 is 11.6 Å². The topological polar surface area (TPSA) is 64.9 Å². The molecule has 0 spiro atoms. The fourth-order valence-electron chi connectivity index (χ4n) is 2.51. The van der Waals surface area contributed by atoms with Crippen LogP contribution in [0, 0.1) is 17.2 Å². The van der Waals surface area contributed by atoms with Crippen molar-refractivity contribution in [2.45, 2.75) is 19.9 Å². The average Bonchev–Trinajstić information content (AvgIpc) is 2.56. The molecule has 0 aliphatic rings. The molecule has 2 N–H and O–H groups in total. The number of halogens is 1. The van der Waals surface area contributed by atoms with Crippen LogP contribution in [-0.4, -0.2) is 12.5 Å². The molecule has 2 aromatic carbocycles. The summed E-state index contributed by atoms with van der Waals surface area (Å²) in [5.41, 5.74) is 1.95. The summed E-state index contributed by atoms with van der Waals surface area (Å²) in [5, 5.41) is 15.6. The molecule has 0 aliphatic carbocycles. The second-order valence-electron chi connectivity index (χ2n) is 5.86. The van der Waals surface area contributed by atoms with E-state index in [9.17, 15) is 4.79 Å². The summed E-state index contributed by atoms with van der Waals surface area (Å²) < 4.78 is 0. The molecule has 0 aliphatic heterocycles. The highest BCUT2D eigenvalue weighted by Crippen LogP contribution is 2.22. The van der Waals surface area contributed by atoms with E-state index in [1.165, 1.54) is 0 Å². The molecule has 0 heterocycles. The lowest BCUT2D eigenvalue weighted by atomic mass is 9.96. The molecule has 1 amide bonds. The predicted octanol–water partition coefficient (Wildman–Crippen LogP) is 4.14. The number of benzene rings is 2. The SMILES string of the molecule is CC(C)C(NCC(=O)Nc1cc(Cl)ccc1C#N)c1ccccc1. The second kappa shape index (κ2) is 8.49. The van der Waals surface area contributed by atoms with Gasteiger partial charge in [0.05, 0.1) is 17.8 Å². The first kappa shape index (κ1) is 18.0. The van der Waals surface area contributed by atoms with E-state index in [4.69, 9.17) is 16.9 Å². The van der Waals surface area contributed by atoms with Crippen LogP contribution in [0.4, 0.5) is 5.69 Å². The van der Waals surface area contributed by atoms with Crippen LogP contribution < -0.4 is 10.6 Å². The largest absolute Gasteiger partial charge is 0.324 e. The van der Waals surface area contributed by atoms with E-state index in [0.717, 1.165) is 5.56 Å². The van der Waals surface area contributed by atoms with Crippen LogP contribution in [0.25, 0.3) is 0 Å². The van der Waals surface area contributed by atoms with E-state index < -0.39 is 0 Å². The molecule has 4 nitrogen and oxygen atoms in total. The molecule has 0 aromatic heterocycles. The maximum absolute atomic E-state index is 12.2. The molecule has 2 rings (SSSR count). The number of hydrogen-bond donors (Lipinski definition) is 2. The van der Waals surface area contributed by atoms with Gasteiger partial charge in [-0.25, -0.2) is 0 Å². The van der Waals surface area contributed by atoms with E-state index in [-0.39, 0.29) is 18.5 Å². The lowest BCUT2D eigenvalue weighted by Crippen LogP contribution is -2.33. The van der Waals surface area contributed by atoms with Crippen LogP contribution in [0.1, 0.15) is 31.0 Å². The minimum atomic E-state index is -0.213. The van der Waals surface area contributed by atoms with Gasteiger partial charge >= 0.3 is 0 Å². The molecule has 2 aromatic rings.